The van der Waals surface area contributed by atoms with E-state index in [1.165, 1.54) is 34.8 Å². The van der Waals surface area contributed by atoms with Crippen LogP contribution in [0.1, 0.15) is 119 Å². The molecule has 2 aromatic carbocycles. The summed E-state index contributed by atoms with van der Waals surface area (Å²) in [6, 6.07) is 6.62. The van der Waals surface area contributed by atoms with Gasteiger partial charge < -0.3 is 75.2 Å². The van der Waals surface area contributed by atoms with Crippen LogP contribution in [0.2, 0.25) is 0 Å². The van der Waals surface area contributed by atoms with Crippen molar-refractivity contribution < 1.29 is 69.3 Å². The van der Waals surface area contributed by atoms with E-state index in [1.54, 1.807) is 19.2 Å². The van der Waals surface area contributed by atoms with Gasteiger partial charge in [-0.15, -0.1) is 5.92 Å². The molecule has 3 aliphatic carbocycles. The van der Waals surface area contributed by atoms with Crippen molar-refractivity contribution in [3.05, 3.63) is 41.0 Å². The number of methoxy groups -OCH3 is 2. The second-order valence-electron chi connectivity index (χ2n) is 22.7. The van der Waals surface area contributed by atoms with E-state index in [2.05, 4.69) is 41.2 Å². The number of fused-ring (bicyclic) bond motifs is 4. The zero-order valence-corrected chi connectivity index (χ0v) is 46.7. The van der Waals surface area contributed by atoms with E-state index in [1.807, 2.05) is 6.07 Å². The van der Waals surface area contributed by atoms with Crippen LogP contribution in [0.15, 0.2) is 24.3 Å². The van der Waals surface area contributed by atoms with E-state index in [0.717, 1.165) is 69.0 Å². The molecule has 3 aliphatic heterocycles. The lowest BCUT2D eigenvalue weighted by Crippen LogP contribution is -2.50. The number of aromatic hydroxyl groups is 2. The van der Waals surface area contributed by atoms with Gasteiger partial charge in [-0.25, -0.2) is 0 Å². The predicted octanol–water partition coefficient (Wildman–Crippen LogP) is 6.01. The van der Waals surface area contributed by atoms with Gasteiger partial charge in [-0.05, 0) is 161 Å². The third-order valence-corrected chi connectivity index (χ3v) is 20.6. The first-order valence-electron chi connectivity index (χ1n) is 28.1. The molecule has 18 heteroatoms. The number of nitrogens with one attached hydrogen (secondary N) is 2. The molecule has 2 saturated carbocycles. The number of aliphatic hydroxyl groups is 6. The maximum Gasteiger partial charge on any atom is 0.235 e. The normalized spacial score (nSPS) is 34.8. The van der Waals surface area contributed by atoms with E-state index < -0.39 is 49.8 Å². The molecule has 0 radical (unpaired) electrons. The first-order valence-corrected chi connectivity index (χ1v) is 30.5. The fraction of sp³-hybridized carbons (Fsp3) is 0.712. The van der Waals surface area contributed by atoms with Gasteiger partial charge in [-0.1, -0.05) is 52.7 Å². The number of hydrogen-bond donors (Lipinski definition) is 10. The number of rotatable bonds is 15. The van der Waals surface area contributed by atoms with E-state index >= 15 is 0 Å². The minimum Gasteiger partial charge on any atom is -0.504 e. The maximum atomic E-state index is 13.5. The van der Waals surface area contributed by atoms with Crippen LogP contribution in [-0.2, 0) is 27.1 Å². The third-order valence-electron chi connectivity index (χ3n) is 17.7. The monoisotopic (exact) mass is 1110 g/mol. The third kappa shape index (κ3) is 14.5. The summed E-state index contributed by atoms with van der Waals surface area (Å²) >= 11 is 0. The highest BCUT2D eigenvalue weighted by Crippen LogP contribution is 2.57. The number of aryl methyl sites for hydroxylation is 1. The lowest BCUT2D eigenvalue weighted by Gasteiger charge is -2.53. The molecule has 2 bridgehead atoms. The second kappa shape index (κ2) is 28.2. The predicted molar refractivity (Wildman–Crippen MR) is 295 cm³/mol. The molecule has 2 aromatic rings. The van der Waals surface area contributed by atoms with Crippen LogP contribution in [-0.4, -0.2) is 143 Å². The zero-order valence-electron chi connectivity index (χ0n) is 45.1. The Morgan fingerprint density at radius 1 is 0.844 bits per heavy atom. The zero-order chi connectivity index (χ0) is 54.6. The number of carbonyl (C=O) groups excluding carboxylic acids is 1. The Morgan fingerprint density at radius 2 is 1.66 bits per heavy atom. The molecule has 3 heterocycles. The molecule has 1 saturated heterocycles. The maximum absolute atomic E-state index is 13.5. The number of aliphatic hydroxyl groups excluding tert-OH is 6. The fourth-order valence-corrected chi connectivity index (χ4v) is 16.7. The van der Waals surface area contributed by atoms with Crippen LogP contribution in [0.5, 0.6) is 28.7 Å². The van der Waals surface area contributed by atoms with E-state index in [-0.39, 0.29) is 101 Å². The molecule has 77 heavy (non-hydrogen) atoms. The summed E-state index contributed by atoms with van der Waals surface area (Å²) < 4.78 is 28.9. The molecule has 1 spiro atoms. The minimum atomic E-state index is -1.10. The number of carbonyl (C=O) groups is 1. The molecular formula is C59H84N2O14S2. The number of amides is 1. The van der Waals surface area contributed by atoms with E-state index in [9.17, 15) is 45.6 Å². The van der Waals surface area contributed by atoms with Gasteiger partial charge in [0.15, 0.2) is 29.8 Å². The Kier molecular flexibility index (Phi) is 21.8. The first kappa shape index (κ1) is 59.5. The van der Waals surface area contributed by atoms with Gasteiger partial charge in [0.25, 0.3) is 0 Å². The minimum absolute atomic E-state index is 0.00624. The van der Waals surface area contributed by atoms with Crippen molar-refractivity contribution in [1.82, 2.24) is 10.6 Å². The highest BCUT2D eigenvalue weighted by molar-refractivity contribution is 8.76. The summed E-state index contributed by atoms with van der Waals surface area (Å²) in [6.07, 6.45) is 6.49. The Hall–Kier alpha value is -3.63. The van der Waals surface area contributed by atoms with Crippen LogP contribution in [0.4, 0.5) is 0 Å². The van der Waals surface area contributed by atoms with Crippen molar-refractivity contribution in [2.45, 2.75) is 151 Å². The van der Waals surface area contributed by atoms with Crippen molar-refractivity contribution in [1.29, 1.82) is 0 Å². The van der Waals surface area contributed by atoms with Gasteiger partial charge in [0.1, 0.15) is 12.7 Å². The molecule has 16 nitrogen and oxygen atoms in total. The summed E-state index contributed by atoms with van der Waals surface area (Å²) in [4.78, 5) is 13.5. The summed E-state index contributed by atoms with van der Waals surface area (Å²) in [7, 11) is 5.96. The van der Waals surface area contributed by atoms with E-state index in [0.29, 0.717) is 74.8 Å². The molecule has 1 amide bonds. The van der Waals surface area contributed by atoms with Crippen LogP contribution in [0.3, 0.4) is 0 Å². The smallest absolute Gasteiger partial charge is 0.235 e. The largest absolute Gasteiger partial charge is 0.504 e. The number of benzene rings is 2. The van der Waals surface area contributed by atoms with Crippen molar-refractivity contribution in [3.8, 4) is 52.4 Å². The van der Waals surface area contributed by atoms with Gasteiger partial charge in [-0.3, -0.25) is 4.79 Å². The Balaban J connectivity index is 1.06. The standard InChI is InChI=1S/C59H84N2O14S2/c1-35-9-12-40-13-16-48(65)56-43(58(70)61-47(56)8-5-21-71-2)7-4-6-36-17-19-59(40,29-35)46-26-42(15-11-39(46)31-60-30-36)75-52-25-38-10-14-41(73-33-63)27-49(66)45(22-37-23-53(72-3)57(69)54(24-37)74-34-64)51(68)32-76-77-55(18-20-62)44(38)28-50(52)67/h23-25,28,35-36,39-43,45-49,51,55-56,60,62-69H,5-6,8-16,18,20-22,26-27,29-34H2,1-3H3,(H,61,70)/t35-,36-,39-,40-,41+,42-,43-,45+,46+,47-,48+,49-,51+,55+,56+,59+/m1/s1. The summed E-state index contributed by atoms with van der Waals surface area (Å²) in [5.41, 5.74) is 1.93. The van der Waals surface area contributed by atoms with E-state index in [4.69, 9.17) is 23.7 Å². The molecule has 8 rings (SSSR count). The van der Waals surface area contributed by atoms with Gasteiger partial charge in [0.2, 0.25) is 11.7 Å². The number of ether oxygens (including phenoxy) is 5. The fourth-order valence-electron chi connectivity index (χ4n) is 13.8. The van der Waals surface area contributed by atoms with Crippen LogP contribution in [0, 0.1) is 76.4 Å². The Morgan fingerprint density at radius 3 is 2.44 bits per heavy atom. The molecule has 3 fully saturated rings. The number of phenols is 2. The number of hydrogen-bond acceptors (Lipinski definition) is 17. The van der Waals surface area contributed by atoms with Crippen LogP contribution >= 0.6 is 21.6 Å². The summed E-state index contributed by atoms with van der Waals surface area (Å²) in [5, 5.41) is 95.2. The molecule has 16 atom stereocenters. The van der Waals surface area contributed by atoms with Crippen molar-refractivity contribution in [2.24, 2.45) is 52.8 Å². The highest BCUT2D eigenvalue weighted by Gasteiger charge is 2.53. The second-order valence-corrected chi connectivity index (χ2v) is 25.3. The van der Waals surface area contributed by atoms with Crippen molar-refractivity contribution >= 4 is 27.5 Å². The van der Waals surface area contributed by atoms with Crippen molar-refractivity contribution in [2.75, 3.05) is 59.9 Å². The first-order chi connectivity index (χ1) is 37.3. The summed E-state index contributed by atoms with van der Waals surface area (Å²) in [5.74, 6) is 14.3. The average molecular weight is 1110 g/mol. The highest BCUT2D eigenvalue weighted by atomic mass is 33.1. The number of phenolic OH excluding ortho intramolecular Hbond substituents is 2. The van der Waals surface area contributed by atoms with Gasteiger partial charge in [-0.2, -0.15) is 0 Å². The van der Waals surface area contributed by atoms with Crippen molar-refractivity contribution in [3.63, 3.8) is 0 Å². The molecule has 0 aromatic heterocycles. The quantitative estimate of drug-likeness (QED) is 0.0425. The average Bonchev–Trinajstić information content (AvgIpc) is 3.84. The van der Waals surface area contributed by atoms with Gasteiger partial charge in [0, 0.05) is 73.5 Å². The Bertz CT molecular complexity index is 2390. The van der Waals surface area contributed by atoms with Gasteiger partial charge in [0.05, 0.1) is 37.6 Å². The molecular weight excluding hydrogens is 1020 g/mol. The van der Waals surface area contributed by atoms with Crippen LogP contribution < -0.4 is 24.8 Å². The molecule has 10 N–H and O–H groups in total. The Labute approximate surface area is 462 Å². The lowest BCUT2D eigenvalue weighted by atomic mass is 9.51. The molecule has 6 aliphatic rings. The molecule has 426 valence electrons. The summed E-state index contributed by atoms with van der Waals surface area (Å²) in [6.45, 7) is 3.05. The SMILES string of the molecule is COCCC[C@H]1NC(=O)[C@@H]2C#CC[C@@H]3C#C[C@@]4(C[C@H](C)CC[C@@H]4CC[C@H](O)[C@H]12)[C@H]1C[C@H](Oc2cc4c(cc2O)[C@H](CCO)SSC[C@H](O)[C@@H](Cc2cc(OC)c(O)c(OCO)c2)[C@H](O)C[C@@H](OCO)CC4)CC[C@@H]1CNC3. The molecule has 0 unspecified atom stereocenters. The van der Waals surface area contributed by atoms with Gasteiger partial charge >= 0.3 is 0 Å². The van der Waals surface area contributed by atoms with Crippen LogP contribution in [0.25, 0.3) is 0 Å². The topological polar surface area (TPSA) is 249 Å². The lowest BCUT2D eigenvalue weighted by molar-refractivity contribution is -0.122.